The minimum Gasteiger partial charge on any atom is -0.331 e. The van der Waals surface area contributed by atoms with Gasteiger partial charge in [0, 0.05) is 18.5 Å². The summed E-state index contributed by atoms with van der Waals surface area (Å²) in [6.07, 6.45) is 1.04. The van der Waals surface area contributed by atoms with Crippen LogP contribution in [0.5, 0.6) is 0 Å². The first kappa shape index (κ1) is 13.0. The first-order chi connectivity index (χ1) is 10.1. The summed E-state index contributed by atoms with van der Waals surface area (Å²) in [6, 6.07) is 11.5. The van der Waals surface area contributed by atoms with Crippen molar-refractivity contribution in [2.24, 2.45) is 0 Å². The largest absolute Gasteiger partial charge is 0.331 e. The molecule has 5 heteroatoms. The molecule has 0 amide bonds. The SMILES string of the molecule is Fc1cc2c(cc1Cl)[nH]c(=S)n2CC1Cc2ccccc21. The van der Waals surface area contributed by atoms with Crippen LogP contribution < -0.4 is 0 Å². The van der Waals surface area contributed by atoms with Crippen LogP contribution in [0.3, 0.4) is 0 Å². The van der Waals surface area contributed by atoms with Crippen molar-refractivity contribution in [1.82, 2.24) is 9.55 Å². The molecule has 0 aliphatic heterocycles. The van der Waals surface area contributed by atoms with E-state index in [-0.39, 0.29) is 5.02 Å². The van der Waals surface area contributed by atoms with Crippen molar-refractivity contribution < 1.29 is 4.39 Å². The van der Waals surface area contributed by atoms with Gasteiger partial charge < -0.3 is 9.55 Å². The normalized spacial score (nSPS) is 16.8. The molecule has 1 aromatic heterocycles. The van der Waals surface area contributed by atoms with Gasteiger partial charge in [0.2, 0.25) is 0 Å². The van der Waals surface area contributed by atoms with Gasteiger partial charge in [-0.3, -0.25) is 0 Å². The van der Waals surface area contributed by atoms with E-state index in [1.165, 1.54) is 17.2 Å². The number of aromatic nitrogens is 2. The molecule has 2 nitrogen and oxygen atoms in total. The maximum Gasteiger partial charge on any atom is 0.178 e. The number of benzene rings is 2. The molecule has 1 N–H and O–H groups in total. The fourth-order valence-corrected chi connectivity index (χ4v) is 3.53. The molecule has 21 heavy (non-hydrogen) atoms. The van der Waals surface area contributed by atoms with E-state index >= 15 is 0 Å². The van der Waals surface area contributed by atoms with Gasteiger partial charge in [0.05, 0.1) is 16.1 Å². The highest BCUT2D eigenvalue weighted by Crippen LogP contribution is 2.36. The van der Waals surface area contributed by atoms with Gasteiger partial charge in [-0.15, -0.1) is 0 Å². The molecule has 0 saturated carbocycles. The maximum atomic E-state index is 13.7. The Morgan fingerprint density at radius 2 is 2.14 bits per heavy atom. The zero-order chi connectivity index (χ0) is 14.6. The van der Waals surface area contributed by atoms with Gasteiger partial charge in [0.25, 0.3) is 0 Å². The second-order valence-corrected chi connectivity index (χ2v) is 6.22. The average Bonchev–Trinajstić information content (AvgIpc) is 2.72. The van der Waals surface area contributed by atoms with Gasteiger partial charge in [0.1, 0.15) is 5.82 Å². The number of hydrogen-bond acceptors (Lipinski definition) is 1. The summed E-state index contributed by atoms with van der Waals surface area (Å²) in [5, 5.41) is 0.111. The number of nitrogens with zero attached hydrogens (tertiary/aromatic N) is 1. The number of imidazole rings is 1. The van der Waals surface area contributed by atoms with Crippen LogP contribution in [0.15, 0.2) is 36.4 Å². The van der Waals surface area contributed by atoms with E-state index in [2.05, 4.69) is 29.2 Å². The summed E-state index contributed by atoms with van der Waals surface area (Å²) in [4.78, 5) is 3.10. The number of rotatable bonds is 2. The van der Waals surface area contributed by atoms with Gasteiger partial charge in [0.15, 0.2) is 4.77 Å². The van der Waals surface area contributed by atoms with E-state index in [1.54, 1.807) is 6.07 Å². The zero-order valence-electron chi connectivity index (χ0n) is 11.1. The minimum atomic E-state index is -0.416. The highest BCUT2D eigenvalue weighted by molar-refractivity contribution is 7.71. The Morgan fingerprint density at radius 1 is 1.33 bits per heavy atom. The number of hydrogen-bond donors (Lipinski definition) is 1. The smallest absolute Gasteiger partial charge is 0.178 e. The molecule has 106 valence electrons. The molecule has 1 atom stereocenters. The molecule has 0 saturated heterocycles. The van der Waals surface area contributed by atoms with E-state index in [0.717, 1.165) is 24.0 Å². The monoisotopic (exact) mass is 318 g/mol. The number of halogens is 2. The first-order valence-electron chi connectivity index (χ1n) is 6.79. The Morgan fingerprint density at radius 3 is 2.95 bits per heavy atom. The fraction of sp³-hybridized carbons (Fsp3) is 0.188. The fourth-order valence-electron chi connectivity index (χ4n) is 3.08. The lowest BCUT2D eigenvalue weighted by atomic mass is 9.77. The van der Waals surface area contributed by atoms with Crippen molar-refractivity contribution >= 4 is 34.9 Å². The van der Waals surface area contributed by atoms with E-state index in [1.807, 2.05) is 4.57 Å². The molecule has 0 spiro atoms. The molecule has 1 heterocycles. The molecule has 4 rings (SSSR count). The first-order valence-corrected chi connectivity index (χ1v) is 7.57. The third-order valence-electron chi connectivity index (χ3n) is 4.18. The topological polar surface area (TPSA) is 20.7 Å². The minimum absolute atomic E-state index is 0.111. The predicted molar refractivity (Wildman–Crippen MR) is 85.0 cm³/mol. The van der Waals surface area contributed by atoms with Gasteiger partial charge in [-0.05, 0) is 35.8 Å². The third kappa shape index (κ3) is 2.01. The molecule has 0 fully saturated rings. The molecular weight excluding hydrogens is 307 g/mol. The van der Waals surface area contributed by atoms with Crippen LogP contribution in [0.2, 0.25) is 5.02 Å². The summed E-state index contributed by atoms with van der Waals surface area (Å²) in [5.41, 5.74) is 4.30. The average molecular weight is 319 g/mol. The van der Waals surface area contributed by atoms with Crippen LogP contribution in [-0.2, 0) is 13.0 Å². The molecule has 1 unspecified atom stereocenters. The number of H-pyrrole nitrogens is 1. The van der Waals surface area contributed by atoms with E-state index < -0.39 is 5.82 Å². The highest BCUT2D eigenvalue weighted by atomic mass is 35.5. The van der Waals surface area contributed by atoms with Gasteiger partial charge >= 0.3 is 0 Å². The van der Waals surface area contributed by atoms with Crippen LogP contribution in [0.1, 0.15) is 17.0 Å². The van der Waals surface area contributed by atoms with Gasteiger partial charge in [-0.25, -0.2) is 4.39 Å². The summed E-state index contributed by atoms with van der Waals surface area (Å²) < 4.78 is 16.3. The molecule has 1 aliphatic carbocycles. The Bertz CT molecular complexity index is 912. The van der Waals surface area contributed by atoms with Crippen molar-refractivity contribution in [2.75, 3.05) is 0 Å². The Labute approximate surface area is 131 Å². The summed E-state index contributed by atoms with van der Waals surface area (Å²) >= 11 is 11.2. The van der Waals surface area contributed by atoms with Crippen LogP contribution in [0, 0.1) is 10.6 Å². The van der Waals surface area contributed by atoms with E-state index in [9.17, 15) is 4.39 Å². The van der Waals surface area contributed by atoms with Crippen LogP contribution in [0.4, 0.5) is 4.39 Å². The lowest BCUT2D eigenvalue weighted by Crippen LogP contribution is -2.21. The van der Waals surface area contributed by atoms with Crippen molar-refractivity contribution in [3.05, 3.63) is 63.1 Å². The lowest BCUT2D eigenvalue weighted by Gasteiger charge is -2.30. The number of aromatic amines is 1. The number of fused-ring (bicyclic) bond motifs is 2. The Hall–Kier alpha value is -1.65. The van der Waals surface area contributed by atoms with Crippen LogP contribution >= 0.6 is 23.8 Å². The quantitative estimate of drug-likeness (QED) is 0.671. The Kier molecular flexibility index (Phi) is 2.91. The predicted octanol–water partition coefficient (Wildman–Crippen LogP) is 4.83. The van der Waals surface area contributed by atoms with Crippen LogP contribution in [-0.4, -0.2) is 9.55 Å². The second-order valence-electron chi connectivity index (χ2n) is 5.42. The maximum absolute atomic E-state index is 13.7. The lowest BCUT2D eigenvalue weighted by molar-refractivity contribution is 0.513. The third-order valence-corrected chi connectivity index (χ3v) is 4.79. The standard InChI is InChI=1S/C16H12ClFN2S/c17-12-6-14-15(7-13(12)18)20(16(21)19-14)8-10-5-9-3-1-2-4-11(9)10/h1-4,6-7,10H,5,8H2,(H,19,21). The van der Waals surface area contributed by atoms with Crippen LogP contribution in [0.25, 0.3) is 11.0 Å². The Balaban J connectivity index is 1.77. The zero-order valence-corrected chi connectivity index (χ0v) is 12.6. The van der Waals surface area contributed by atoms with E-state index in [0.29, 0.717) is 10.7 Å². The molecule has 0 radical (unpaired) electrons. The van der Waals surface area contributed by atoms with Crippen molar-refractivity contribution in [3.63, 3.8) is 0 Å². The summed E-state index contributed by atoms with van der Waals surface area (Å²) in [7, 11) is 0. The molecule has 0 bridgehead atoms. The molecule has 2 aromatic carbocycles. The number of nitrogens with one attached hydrogen (secondary N) is 1. The summed E-state index contributed by atoms with van der Waals surface area (Å²) in [6.45, 7) is 0.761. The van der Waals surface area contributed by atoms with Crippen molar-refractivity contribution in [3.8, 4) is 0 Å². The van der Waals surface area contributed by atoms with Gasteiger partial charge in [-0.2, -0.15) is 0 Å². The molecular formula is C16H12ClFN2S. The highest BCUT2D eigenvalue weighted by Gasteiger charge is 2.26. The van der Waals surface area contributed by atoms with Crippen molar-refractivity contribution in [2.45, 2.75) is 18.9 Å². The van der Waals surface area contributed by atoms with E-state index in [4.69, 9.17) is 23.8 Å². The molecule has 1 aliphatic rings. The molecule has 3 aromatic rings. The second kappa shape index (κ2) is 4.68. The summed E-state index contributed by atoms with van der Waals surface area (Å²) in [5.74, 6) is 0.0200. The van der Waals surface area contributed by atoms with Gasteiger partial charge in [-0.1, -0.05) is 35.9 Å². The van der Waals surface area contributed by atoms with Crippen molar-refractivity contribution in [1.29, 1.82) is 0 Å².